The minimum absolute atomic E-state index is 0.469. The molecule has 3 nitrogen and oxygen atoms in total. The highest BCUT2D eigenvalue weighted by Gasteiger charge is 2.14. The molecule has 3 rings (SSSR count). The van der Waals surface area contributed by atoms with E-state index in [1.54, 1.807) is 0 Å². The topological polar surface area (TPSA) is 30.5 Å². The molecule has 0 spiro atoms. The van der Waals surface area contributed by atoms with Gasteiger partial charge in [-0.05, 0) is 73.4 Å². The number of halogens is 2. The van der Waals surface area contributed by atoms with E-state index in [1.807, 2.05) is 61.5 Å². The van der Waals surface area contributed by atoms with Gasteiger partial charge in [0.1, 0.15) is 6.61 Å². The molecule has 0 aliphatic heterocycles. The average molecular weight is 501 g/mol. The van der Waals surface area contributed by atoms with Crippen molar-refractivity contribution >= 4 is 33.2 Å². The number of nitrogens with one attached hydrogen (secondary N) is 1. The fraction of sp³-hybridized carbons (Fsp3) is 0.231. The first-order valence-electron chi connectivity index (χ1n) is 10.3. The first-order valence-corrected chi connectivity index (χ1v) is 11.4. The van der Waals surface area contributed by atoms with Crippen LogP contribution in [-0.4, -0.2) is 6.61 Å². The van der Waals surface area contributed by atoms with Crippen molar-refractivity contribution < 1.29 is 9.47 Å². The molecule has 0 heterocycles. The van der Waals surface area contributed by atoms with Crippen molar-refractivity contribution in [1.29, 1.82) is 0 Å². The van der Waals surface area contributed by atoms with Crippen LogP contribution in [0.1, 0.15) is 29.2 Å². The molecule has 0 unspecified atom stereocenters. The van der Waals surface area contributed by atoms with Crippen molar-refractivity contribution in [1.82, 2.24) is 0 Å². The molecule has 0 aliphatic carbocycles. The van der Waals surface area contributed by atoms with E-state index in [0.29, 0.717) is 31.2 Å². The van der Waals surface area contributed by atoms with Gasteiger partial charge in [-0.1, -0.05) is 51.8 Å². The minimum atomic E-state index is 0.469. The summed E-state index contributed by atoms with van der Waals surface area (Å²) in [5.41, 5.74) is 5.42. The van der Waals surface area contributed by atoms with Gasteiger partial charge in [0.15, 0.2) is 11.5 Å². The maximum absolute atomic E-state index is 6.23. The van der Waals surface area contributed by atoms with Gasteiger partial charge >= 0.3 is 0 Å². The van der Waals surface area contributed by atoms with Crippen LogP contribution >= 0.6 is 27.5 Å². The lowest BCUT2D eigenvalue weighted by Crippen LogP contribution is -2.06. The number of anilines is 1. The monoisotopic (exact) mass is 499 g/mol. The summed E-state index contributed by atoms with van der Waals surface area (Å²) >= 11 is 9.62. The Bertz CT molecular complexity index is 1030. The maximum Gasteiger partial charge on any atom is 0.165 e. The maximum atomic E-state index is 6.23. The number of allylic oxidation sites excluding steroid dienone is 1. The van der Waals surface area contributed by atoms with E-state index < -0.39 is 0 Å². The number of hydrogen-bond acceptors (Lipinski definition) is 3. The van der Waals surface area contributed by atoms with Crippen LogP contribution in [0, 0.1) is 6.92 Å². The average Bonchev–Trinajstić information content (AvgIpc) is 2.75. The Morgan fingerprint density at radius 1 is 1.03 bits per heavy atom. The second-order valence-corrected chi connectivity index (χ2v) is 8.59. The summed E-state index contributed by atoms with van der Waals surface area (Å²) in [6.45, 7) is 9.64. The summed E-state index contributed by atoms with van der Waals surface area (Å²) < 4.78 is 13.2. The van der Waals surface area contributed by atoms with E-state index in [-0.39, 0.29) is 0 Å². The van der Waals surface area contributed by atoms with Gasteiger partial charge in [0.05, 0.1) is 6.61 Å². The summed E-state index contributed by atoms with van der Waals surface area (Å²) in [6.07, 6.45) is 2.58. The molecule has 1 N–H and O–H groups in total. The molecule has 3 aromatic rings. The molecule has 0 saturated heterocycles. The zero-order chi connectivity index (χ0) is 22.2. The largest absolute Gasteiger partial charge is 0.490 e. The molecule has 0 saturated carbocycles. The van der Waals surface area contributed by atoms with Crippen molar-refractivity contribution in [2.24, 2.45) is 0 Å². The lowest BCUT2D eigenvalue weighted by molar-refractivity contribution is 0.267. The van der Waals surface area contributed by atoms with Crippen LogP contribution in [0.3, 0.4) is 0 Å². The molecule has 0 aromatic heterocycles. The van der Waals surface area contributed by atoms with E-state index in [0.717, 1.165) is 43.9 Å². The lowest BCUT2D eigenvalue weighted by atomic mass is 10.0. The Hall–Kier alpha value is -2.43. The number of hydrogen-bond donors (Lipinski definition) is 1. The van der Waals surface area contributed by atoms with Crippen LogP contribution in [0.4, 0.5) is 5.69 Å². The molecule has 5 heteroatoms. The van der Waals surface area contributed by atoms with Gasteiger partial charge in [0.25, 0.3) is 0 Å². The second-order valence-electron chi connectivity index (χ2n) is 7.24. The molecule has 0 fully saturated rings. The quantitative estimate of drug-likeness (QED) is 0.289. The van der Waals surface area contributed by atoms with Crippen LogP contribution in [0.25, 0.3) is 0 Å². The molecule has 162 valence electrons. The Morgan fingerprint density at radius 2 is 1.81 bits per heavy atom. The Kier molecular flexibility index (Phi) is 8.44. The van der Waals surface area contributed by atoms with Crippen molar-refractivity contribution in [2.45, 2.75) is 33.4 Å². The molecule has 0 radical (unpaired) electrons. The molecule has 0 bridgehead atoms. The van der Waals surface area contributed by atoms with Crippen molar-refractivity contribution in [3.63, 3.8) is 0 Å². The van der Waals surface area contributed by atoms with E-state index in [4.69, 9.17) is 21.1 Å². The van der Waals surface area contributed by atoms with Gasteiger partial charge < -0.3 is 14.8 Å². The first kappa shape index (κ1) is 23.2. The van der Waals surface area contributed by atoms with Crippen LogP contribution in [0.2, 0.25) is 5.02 Å². The highest BCUT2D eigenvalue weighted by molar-refractivity contribution is 9.10. The van der Waals surface area contributed by atoms with Gasteiger partial charge in [-0.15, -0.1) is 6.58 Å². The van der Waals surface area contributed by atoms with Crippen LogP contribution in [-0.2, 0) is 19.6 Å². The number of aryl methyl sites for hydroxylation is 1. The second kappa shape index (κ2) is 11.3. The Morgan fingerprint density at radius 3 is 2.52 bits per heavy atom. The highest BCUT2D eigenvalue weighted by Crippen LogP contribution is 2.35. The summed E-state index contributed by atoms with van der Waals surface area (Å²) in [7, 11) is 0. The SMILES string of the molecule is C=CCc1cc(CNc2cc(Cl)ccc2C)cc(OCC)c1OCc1ccc(Br)cc1. The summed E-state index contributed by atoms with van der Waals surface area (Å²) in [5.74, 6) is 1.52. The number of benzene rings is 3. The van der Waals surface area contributed by atoms with Gasteiger partial charge in [-0.2, -0.15) is 0 Å². The van der Waals surface area contributed by atoms with Gasteiger partial charge in [0.2, 0.25) is 0 Å². The van der Waals surface area contributed by atoms with E-state index in [2.05, 4.69) is 40.8 Å². The zero-order valence-electron chi connectivity index (χ0n) is 17.9. The predicted octanol–water partition coefficient (Wildman–Crippen LogP) is 7.73. The van der Waals surface area contributed by atoms with E-state index in [1.165, 1.54) is 0 Å². The molecule has 0 amide bonds. The molecule has 0 atom stereocenters. The standard InChI is InChI=1S/C26H27BrClNO2/c1-4-6-21-13-20(16-29-24-15-23(28)12-7-18(24)3)14-25(30-5-2)26(21)31-17-19-8-10-22(27)11-9-19/h4,7-15,29H,1,5-6,16-17H2,2-3H3. The minimum Gasteiger partial charge on any atom is -0.490 e. The molecule has 31 heavy (non-hydrogen) atoms. The normalized spacial score (nSPS) is 10.6. The Labute approximate surface area is 198 Å². The summed E-state index contributed by atoms with van der Waals surface area (Å²) in [5, 5.41) is 4.20. The molecular formula is C26H27BrClNO2. The lowest BCUT2D eigenvalue weighted by Gasteiger charge is -2.18. The van der Waals surface area contributed by atoms with E-state index in [9.17, 15) is 0 Å². The first-order chi connectivity index (χ1) is 15.0. The fourth-order valence-electron chi connectivity index (χ4n) is 3.28. The van der Waals surface area contributed by atoms with Gasteiger partial charge in [0, 0.05) is 27.3 Å². The fourth-order valence-corrected chi connectivity index (χ4v) is 3.71. The molecule has 0 aliphatic rings. The van der Waals surface area contributed by atoms with Gasteiger partial charge in [-0.3, -0.25) is 0 Å². The molecule has 3 aromatic carbocycles. The Balaban J connectivity index is 1.85. The number of ether oxygens (including phenoxy) is 2. The third kappa shape index (κ3) is 6.52. The summed E-state index contributed by atoms with van der Waals surface area (Å²) in [6, 6.07) is 18.2. The van der Waals surface area contributed by atoms with Crippen LogP contribution in [0.5, 0.6) is 11.5 Å². The van der Waals surface area contributed by atoms with Crippen molar-refractivity contribution in [2.75, 3.05) is 11.9 Å². The van der Waals surface area contributed by atoms with Crippen LogP contribution in [0.15, 0.2) is 71.7 Å². The van der Waals surface area contributed by atoms with Crippen molar-refractivity contribution in [3.8, 4) is 11.5 Å². The zero-order valence-corrected chi connectivity index (χ0v) is 20.2. The summed E-state index contributed by atoms with van der Waals surface area (Å²) in [4.78, 5) is 0. The molecular weight excluding hydrogens is 474 g/mol. The van der Waals surface area contributed by atoms with Gasteiger partial charge in [-0.25, -0.2) is 0 Å². The highest BCUT2D eigenvalue weighted by atomic mass is 79.9. The predicted molar refractivity (Wildman–Crippen MR) is 134 cm³/mol. The smallest absolute Gasteiger partial charge is 0.165 e. The van der Waals surface area contributed by atoms with Crippen molar-refractivity contribution in [3.05, 3.63) is 99.0 Å². The third-order valence-corrected chi connectivity index (χ3v) is 5.60. The van der Waals surface area contributed by atoms with E-state index >= 15 is 0 Å². The number of rotatable bonds is 10. The third-order valence-electron chi connectivity index (χ3n) is 4.83. The van der Waals surface area contributed by atoms with Crippen LogP contribution < -0.4 is 14.8 Å².